The maximum absolute atomic E-state index is 10.5. The molecule has 160 valence electrons. The topological polar surface area (TPSA) is 105 Å². The van der Waals surface area contributed by atoms with E-state index in [0.717, 1.165) is 6.42 Å². The number of carboxylic acids is 1. The number of hydrogen-bond donors (Lipinski definition) is 3. The van der Waals surface area contributed by atoms with Gasteiger partial charge < -0.3 is 29.5 Å². The van der Waals surface area contributed by atoms with Crippen LogP contribution in [0.15, 0.2) is 24.3 Å². The Bertz CT molecular complexity index is 525. The average Bonchev–Trinajstić information content (AvgIpc) is 3.21. The maximum atomic E-state index is 10.5. The summed E-state index contributed by atoms with van der Waals surface area (Å²) in [6.07, 6.45) is 10.5. The third-order valence-electron chi connectivity index (χ3n) is 5.47. The van der Waals surface area contributed by atoms with E-state index in [-0.39, 0.29) is 18.3 Å². The third-order valence-corrected chi connectivity index (χ3v) is 5.47. The van der Waals surface area contributed by atoms with Crippen molar-refractivity contribution in [2.45, 2.75) is 62.9 Å². The van der Waals surface area contributed by atoms with Crippen molar-refractivity contribution in [3.8, 4) is 0 Å². The molecule has 0 spiro atoms. The summed E-state index contributed by atoms with van der Waals surface area (Å²) in [6.45, 7) is 1.70. The number of rotatable bonds is 12. The summed E-state index contributed by atoms with van der Waals surface area (Å²) in [5.74, 6) is -1.82. The minimum Gasteiger partial charge on any atom is -0.481 e. The van der Waals surface area contributed by atoms with Gasteiger partial charge in [0.2, 0.25) is 0 Å². The van der Waals surface area contributed by atoms with Gasteiger partial charge in [0.25, 0.3) is 0 Å². The fraction of sp³-hybridized carbons (Fsp3) is 0.762. The molecule has 3 N–H and O–H groups in total. The van der Waals surface area contributed by atoms with Crippen LogP contribution in [-0.2, 0) is 19.0 Å². The third kappa shape index (κ3) is 6.97. The number of aliphatic carboxylic acids is 1. The number of aliphatic hydroxyl groups excluding tert-OH is 2. The summed E-state index contributed by atoms with van der Waals surface area (Å²) in [4.78, 5) is 10.5. The number of ether oxygens (including phenoxy) is 3. The first-order valence-corrected chi connectivity index (χ1v) is 10.2. The Labute approximate surface area is 167 Å². The van der Waals surface area contributed by atoms with E-state index in [0.29, 0.717) is 51.9 Å². The largest absolute Gasteiger partial charge is 0.481 e. The van der Waals surface area contributed by atoms with E-state index in [2.05, 4.69) is 0 Å². The molecule has 0 radical (unpaired) electrons. The molecular formula is C21H34O7. The molecule has 1 heterocycles. The summed E-state index contributed by atoms with van der Waals surface area (Å²) < 4.78 is 16.7. The molecule has 2 rings (SSSR count). The lowest BCUT2D eigenvalue weighted by molar-refractivity contribution is -0.137. The molecular weight excluding hydrogens is 364 g/mol. The summed E-state index contributed by atoms with van der Waals surface area (Å²) in [5, 5.41) is 29.4. The van der Waals surface area contributed by atoms with Gasteiger partial charge in [0.15, 0.2) is 5.79 Å². The highest BCUT2D eigenvalue weighted by Gasteiger charge is 2.41. The standard InChI is InChI=1S/C21H34O7/c1-26-12-6-10-21(27-13-14-28-21)11-9-17-16(18(22)15-19(17)23)7-4-2-3-5-8-20(24)25/h2,4,9,11,16-19,22-23H,3,5-8,10,12-15H2,1H3,(H,24,25)/b4-2-,11-9+/t16-,17-,18-,19-/m1/s1. The number of carboxylic acid groups (broad SMARTS) is 1. The van der Waals surface area contributed by atoms with Crippen LogP contribution in [0.2, 0.25) is 0 Å². The van der Waals surface area contributed by atoms with Crippen LogP contribution in [0.25, 0.3) is 0 Å². The lowest BCUT2D eigenvalue weighted by Gasteiger charge is -2.26. The molecule has 1 saturated carbocycles. The highest BCUT2D eigenvalue weighted by atomic mass is 16.7. The molecule has 0 aromatic heterocycles. The van der Waals surface area contributed by atoms with E-state index in [1.165, 1.54) is 0 Å². The molecule has 0 aromatic rings. The van der Waals surface area contributed by atoms with Gasteiger partial charge in [-0.15, -0.1) is 0 Å². The number of allylic oxidation sites excluding steroid dienone is 2. The lowest BCUT2D eigenvalue weighted by Crippen LogP contribution is -2.29. The number of hydrogen-bond acceptors (Lipinski definition) is 6. The smallest absolute Gasteiger partial charge is 0.303 e. The van der Waals surface area contributed by atoms with E-state index < -0.39 is 24.0 Å². The quantitative estimate of drug-likeness (QED) is 0.342. The molecule has 2 fully saturated rings. The maximum Gasteiger partial charge on any atom is 0.303 e. The number of aliphatic hydroxyl groups is 2. The molecule has 4 atom stereocenters. The second-order valence-electron chi connectivity index (χ2n) is 7.57. The highest BCUT2D eigenvalue weighted by molar-refractivity contribution is 5.66. The van der Waals surface area contributed by atoms with E-state index >= 15 is 0 Å². The molecule has 0 bridgehead atoms. The summed E-state index contributed by atoms with van der Waals surface area (Å²) in [7, 11) is 1.66. The average molecular weight is 398 g/mol. The Morgan fingerprint density at radius 1 is 1.18 bits per heavy atom. The van der Waals surface area contributed by atoms with E-state index in [4.69, 9.17) is 19.3 Å². The van der Waals surface area contributed by atoms with Crippen LogP contribution in [0.5, 0.6) is 0 Å². The minimum atomic E-state index is -0.788. The molecule has 1 aliphatic heterocycles. The van der Waals surface area contributed by atoms with Gasteiger partial charge in [0.1, 0.15) is 0 Å². The fourth-order valence-corrected chi connectivity index (χ4v) is 3.96. The first-order valence-electron chi connectivity index (χ1n) is 10.2. The Kier molecular flexibility index (Phi) is 9.61. The van der Waals surface area contributed by atoms with Crippen molar-refractivity contribution in [1.29, 1.82) is 0 Å². The van der Waals surface area contributed by atoms with Gasteiger partial charge in [-0.05, 0) is 37.7 Å². The van der Waals surface area contributed by atoms with Gasteiger partial charge in [0, 0.05) is 38.9 Å². The predicted molar refractivity (Wildman–Crippen MR) is 104 cm³/mol. The second kappa shape index (κ2) is 11.7. The Morgan fingerprint density at radius 2 is 1.93 bits per heavy atom. The Morgan fingerprint density at radius 3 is 2.61 bits per heavy atom. The number of carbonyl (C=O) groups is 1. The number of unbranched alkanes of at least 4 members (excludes halogenated alkanes) is 1. The first-order chi connectivity index (χ1) is 13.5. The van der Waals surface area contributed by atoms with Gasteiger partial charge in [-0.2, -0.15) is 0 Å². The molecule has 0 amide bonds. The van der Waals surface area contributed by atoms with Gasteiger partial charge in [-0.1, -0.05) is 18.2 Å². The molecule has 0 unspecified atom stereocenters. The van der Waals surface area contributed by atoms with Crippen molar-refractivity contribution < 1.29 is 34.3 Å². The zero-order chi connectivity index (χ0) is 20.4. The van der Waals surface area contributed by atoms with Crippen molar-refractivity contribution in [2.75, 3.05) is 26.9 Å². The van der Waals surface area contributed by atoms with Gasteiger partial charge >= 0.3 is 5.97 Å². The molecule has 0 aromatic carbocycles. The predicted octanol–water partition coefficient (Wildman–Crippen LogP) is 2.27. The van der Waals surface area contributed by atoms with Crippen LogP contribution in [0, 0.1) is 11.8 Å². The molecule has 28 heavy (non-hydrogen) atoms. The Hall–Kier alpha value is -1.25. The van der Waals surface area contributed by atoms with E-state index in [1.807, 2.05) is 24.3 Å². The van der Waals surface area contributed by atoms with Gasteiger partial charge in [-0.25, -0.2) is 0 Å². The molecule has 2 aliphatic rings. The van der Waals surface area contributed by atoms with Crippen LogP contribution in [0.4, 0.5) is 0 Å². The van der Waals surface area contributed by atoms with Crippen molar-refractivity contribution in [3.63, 3.8) is 0 Å². The van der Waals surface area contributed by atoms with Crippen LogP contribution in [-0.4, -0.2) is 66.2 Å². The van der Waals surface area contributed by atoms with Crippen molar-refractivity contribution in [2.24, 2.45) is 11.8 Å². The van der Waals surface area contributed by atoms with Crippen LogP contribution < -0.4 is 0 Å². The molecule has 7 heteroatoms. The van der Waals surface area contributed by atoms with Crippen LogP contribution in [0.3, 0.4) is 0 Å². The normalized spacial score (nSPS) is 30.0. The Balaban J connectivity index is 1.93. The lowest BCUT2D eigenvalue weighted by atomic mass is 9.89. The molecule has 1 saturated heterocycles. The minimum absolute atomic E-state index is 0.0839. The van der Waals surface area contributed by atoms with Crippen molar-refractivity contribution in [1.82, 2.24) is 0 Å². The zero-order valence-electron chi connectivity index (χ0n) is 16.7. The van der Waals surface area contributed by atoms with Gasteiger partial charge in [0.05, 0.1) is 25.4 Å². The van der Waals surface area contributed by atoms with Crippen LogP contribution >= 0.6 is 0 Å². The summed E-state index contributed by atoms with van der Waals surface area (Å²) >= 11 is 0. The zero-order valence-corrected chi connectivity index (χ0v) is 16.7. The summed E-state index contributed by atoms with van der Waals surface area (Å²) in [5.41, 5.74) is 0. The van der Waals surface area contributed by atoms with E-state index in [9.17, 15) is 15.0 Å². The van der Waals surface area contributed by atoms with Crippen molar-refractivity contribution in [3.05, 3.63) is 24.3 Å². The van der Waals surface area contributed by atoms with E-state index in [1.54, 1.807) is 7.11 Å². The van der Waals surface area contributed by atoms with Crippen LogP contribution in [0.1, 0.15) is 44.9 Å². The van der Waals surface area contributed by atoms with Crippen molar-refractivity contribution >= 4 is 5.97 Å². The fourth-order valence-electron chi connectivity index (χ4n) is 3.96. The first kappa shape index (κ1) is 23.0. The highest BCUT2D eigenvalue weighted by Crippen LogP contribution is 2.37. The molecule has 7 nitrogen and oxygen atoms in total. The number of methoxy groups -OCH3 is 1. The molecule has 1 aliphatic carbocycles. The monoisotopic (exact) mass is 398 g/mol. The van der Waals surface area contributed by atoms with Gasteiger partial charge in [-0.3, -0.25) is 4.79 Å². The SMILES string of the molecule is COCCCC1(/C=C/[C@@H]2[C@@H](C/C=C\CCCC(=O)O)[C@H](O)C[C@H]2O)OCCO1. The second-order valence-corrected chi connectivity index (χ2v) is 7.57. The summed E-state index contributed by atoms with van der Waals surface area (Å²) in [6, 6.07) is 0.